The van der Waals surface area contributed by atoms with Gasteiger partial charge >= 0.3 is 0 Å². The van der Waals surface area contributed by atoms with E-state index >= 15 is 0 Å². The van der Waals surface area contributed by atoms with Crippen molar-refractivity contribution in [1.82, 2.24) is 9.88 Å². The van der Waals surface area contributed by atoms with Gasteiger partial charge in [0.05, 0.1) is 28.8 Å². The molecular weight excluding hydrogens is 512 g/mol. The quantitative estimate of drug-likeness (QED) is 0.251. The van der Waals surface area contributed by atoms with Crippen molar-refractivity contribution in [1.29, 1.82) is 0 Å². The van der Waals surface area contributed by atoms with Crippen LogP contribution >= 0.6 is 11.3 Å². The molecule has 0 bridgehead atoms. The van der Waals surface area contributed by atoms with Gasteiger partial charge in [-0.2, -0.15) is 0 Å². The van der Waals surface area contributed by atoms with Crippen LogP contribution in [0.15, 0.2) is 96.3 Å². The molecule has 1 amide bonds. The molecule has 7 nitrogen and oxygen atoms in total. The Morgan fingerprint density at radius 3 is 2.46 bits per heavy atom. The van der Waals surface area contributed by atoms with Crippen molar-refractivity contribution in [2.24, 2.45) is 0 Å². The average Bonchev–Trinajstić information content (AvgIpc) is 3.48. The number of carbonyl (C=O) groups is 2. The van der Waals surface area contributed by atoms with Gasteiger partial charge in [-0.25, -0.2) is 4.98 Å². The maximum Gasteiger partial charge on any atom is 0.290 e. The van der Waals surface area contributed by atoms with Crippen molar-refractivity contribution in [2.45, 2.75) is 19.6 Å². The van der Waals surface area contributed by atoms with Gasteiger partial charge in [0.15, 0.2) is 5.76 Å². The Hall–Kier alpha value is -4.27. The summed E-state index contributed by atoms with van der Waals surface area (Å²) in [5.74, 6) is -0.986. The highest BCUT2D eigenvalue weighted by molar-refractivity contribution is 7.17. The standard InChI is InChI=1S/C31H28N2O5S/c1-20-29(39-30(32-20)22-12-7-4-8-13-22)27(34)25-26(33(16-17-37-2)31(36)28(25)35)23-14-9-15-24(18-23)38-19-21-10-5-3-6-11-21/h3-15,18,26,35H,16-17,19H2,1-2H3. The number of amides is 1. The fourth-order valence-corrected chi connectivity index (χ4v) is 5.63. The van der Waals surface area contributed by atoms with Crippen LogP contribution in [0.4, 0.5) is 0 Å². The number of aromatic nitrogens is 1. The molecule has 39 heavy (non-hydrogen) atoms. The summed E-state index contributed by atoms with van der Waals surface area (Å²) in [4.78, 5) is 33.7. The van der Waals surface area contributed by atoms with E-state index in [9.17, 15) is 14.7 Å². The summed E-state index contributed by atoms with van der Waals surface area (Å²) in [5, 5.41) is 11.7. The minimum absolute atomic E-state index is 0.0303. The maximum atomic E-state index is 14.0. The molecule has 0 aliphatic carbocycles. The first kappa shape index (κ1) is 26.3. The topological polar surface area (TPSA) is 89.0 Å². The van der Waals surface area contributed by atoms with Gasteiger partial charge in [-0.3, -0.25) is 9.59 Å². The number of ketones is 1. The smallest absolute Gasteiger partial charge is 0.290 e. The van der Waals surface area contributed by atoms with Gasteiger partial charge in [-0.05, 0) is 30.2 Å². The molecule has 0 fully saturated rings. The van der Waals surface area contributed by atoms with E-state index in [2.05, 4.69) is 4.98 Å². The van der Waals surface area contributed by atoms with Gasteiger partial charge in [0.25, 0.3) is 5.91 Å². The number of benzene rings is 3. The lowest BCUT2D eigenvalue weighted by atomic mass is 9.95. The first-order valence-electron chi connectivity index (χ1n) is 12.5. The van der Waals surface area contributed by atoms with Crippen LogP contribution < -0.4 is 4.74 Å². The van der Waals surface area contributed by atoms with Crippen LogP contribution in [0.2, 0.25) is 0 Å². The Morgan fingerprint density at radius 1 is 1.03 bits per heavy atom. The zero-order valence-corrected chi connectivity index (χ0v) is 22.5. The normalized spacial score (nSPS) is 15.2. The number of aliphatic hydroxyl groups excluding tert-OH is 1. The van der Waals surface area contributed by atoms with Crippen molar-refractivity contribution >= 4 is 23.0 Å². The zero-order valence-electron chi connectivity index (χ0n) is 21.7. The fourth-order valence-electron chi connectivity index (χ4n) is 4.60. The molecule has 1 aliphatic heterocycles. The Kier molecular flexibility index (Phi) is 7.86. The van der Waals surface area contributed by atoms with Crippen LogP contribution in [-0.2, 0) is 16.1 Å². The molecule has 2 heterocycles. The lowest BCUT2D eigenvalue weighted by molar-refractivity contribution is -0.130. The molecule has 0 saturated heterocycles. The third-order valence-corrected chi connectivity index (χ3v) is 7.74. The van der Waals surface area contributed by atoms with E-state index in [4.69, 9.17) is 9.47 Å². The SMILES string of the molecule is COCCN1C(=O)C(O)=C(C(=O)c2sc(-c3ccccc3)nc2C)C1c1cccc(OCc2ccccc2)c1. The Labute approximate surface area is 231 Å². The van der Waals surface area contributed by atoms with Crippen LogP contribution in [0.1, 0.15) is 32.5 Å². The number of nitrogens with zero attached hydrogens (tertiary/aromatic N) is 2. The van der Waals surface area contributed by atoms with E-state index in [1.54, 1.807) is 14.0 Å². The highest BCUT2D eigenvalue weighted by Crippen LogP contribution is 2.41. The lowest BCUT2D eigenvalue weighted by Crippen LogP contribution is -2.34. The van der Waals surface area contributed by atoms with Gasteiger partial charge in [0.1, 0.15) is 17.4 Å². The number of hydrogen-bond donors (Lipinski definition) is 1. The van der Waals surface area contributed by atoms with Gasteiger partial charge in [-0.1, -0.05) is 72.8 Å². The third kappa shape index (κ3) is 5.48. The van der Waals surface area contributed by atoms with Crippen LogP contribution in [0.3, 0.4) is 0 Å². The minimum atomic E-state index is -0.804. The molecular formula is C31H28N2O5S. The Bertz CT molecular complexity index is 1510. The van der Waals surface area contributed by atoms with E-state index in [0.29, 0.717) is 33.5 Å². The summed E-state index contributed by atoms with van der Waals surface area (Å²) in [6.45, 7) is 2.59. The van der Waals surface area contributed by atoms with Crippen molar-refractivity contribution in [3.8, 4) is 16.3 Å². The number of methoxy groups -OCH3 is 1. The molecule has 1 aromatic heterocycles. The number of aliphatic hydroxyl groups is 1. The molecule has 3 aromatic carbocycles. The zero-order chi connectivity index (χ0) is 27.4. The third-order valence-electron chi connectivity index (χ3n) is 6.53. The number of ether oxygens (including phenoxy) is 2. The molecule has 5 rings (SSSR count). The Morgan fingerprint density at radius 2 is 1.74 bits per heavy atom. The van der Waals surface area contributed by atoms with Crippen molar-refractivity contribution < 1.29 is 24.2 Å². The molecule has 0 saturated carbocycles. The highest BCUT2D eigenvalue weighted by Gasteiger charge is 2.44. The average molecular weight is 541 g/mol. The number of rotatable bonds is 10. The van der Waals surface area contributed by atoms with Gasteiger partial charge < -0.3 is 19.5 Å². The molecule has 0 radical (unpaired) electrons. The van der Waals surface area contributed by atoms with Crippen LogP contribution in [0.5, 0.6) is 5.75 Å². The van der Waals surface area contributed by atoms with Crippen molar-refractivity contribution in [3.63, 3.8) is 0 Å². The van der Waals surface area contributed by atoms with Crippen LogP contribution in [0, 0.1) is 6.92 Å². The van der Waals surface area contributed by atoms with E-state index < -0.39 is 23.5 Å². The second-order valence-electron chi connectivity index (χ2n) is 9.13. The van der Waals surface area contributed by atoms with Gasteiger partial charge in [0, 0.05) is 19.2 Å². The summed E-state index contributed by atoms with van der Waals surface area (Å²) < 4.78 is 11.2. The molecule has 1 unspecified atom stereocenters. The predicted octanol–water partition coefficient (Wildman–Crippen LogP) is 5.92. The summed E-state index contributed by atoms with van der Waals surface area (Å²) in [6.07, 6.45) is 0. The second-order valence-corrected chi connectivity index (χ2v) is 10.1. The van der Waals surface area contributed by atoms with E-state index in [-0.39, 0.29) is 18.7 Å². The van der Waals surface area contributed by atoms with Gasteiger partial charge in [0.2, 0.25) is 5.78 Å². The molecule has 8 heteroatoms. The van der Waals surface area contributed by atoms with E-state index in [0.717, 1.165) is 11.1 Å². The predicted molar refractivity (Wildman–Crippen MR) is 150 cm³/mol. The minimum Gasteiger partial charge on any atom is -0.503 e. The number of aryl methyl sites for hydroxylation is 1. The Balaban J connectivity index is 1.50. The molecule has 0 spiro atoms. The number of Topliss-reactive ketones (excluding diaryl/α,β-unsaturated/α-hetero) is 1. The summed E-state index contributed by atoms with van der Waals surface area (Å²) in [5.41, 5.74) is 3.15. The molecule has 1 atom stereocenters. The second kappa shape index (κ2) is 11.6. The van der Waals surface area contributed by atoms with E-state index in [1.165, 1.54) is 16.2 Å². The first-order valence-corrected chi connectivity index (χ1v) is 13.4. The van der Waals surface area contributed by atoms with Crippen LogP contribution in [0.25, 0.3) is 10.6 Å². The molecule has 4 aromatic rings. The van der Waals surface area contributed by atoms with Crippen molar-refractivity contribution in [2.75, 3.05) is 20.3 Å². The number of hydrogen-bond acceptors (Lipinski definition) is 7. The summed E-state index contributed by atoms with van der Waals surface area (Å²) in [6, 6.07) is 25.9. The van der Waals surface area contributed by atoms with Crippen molar-refractivity contribution in [3.05, 3.63) is 118 Å². The highest BCUT2D eigenvalue weighted by atomic mass is 32.1. The molecule has 1 aliphatic rings. The number of thiazole rings is 1. The largest absolute Gasteiger partial charge is 0.503 e. The lowest BCUT2D eigenvalue weighted by Gasteiger charge is -2.26. The van der Waals surface area contributed by atoms with E-state index in [1.807, 2.05) is 84.9 Å². The van der Waals surface area contributed by atoms with Gasteiger partial charge in [-0.15, -0.1) is 11.3 Å². The maximum absolute atomic E-state index is 14.0. The fraction of sp³-hybridized carbons (Fsp3) is 0.194. The first-order chi connectivity index (χ1) is 19.0. The monoisotopic (exact) mass is 540 g/mol. The molecule has 1 N–H and O–H groups in total. The number of carbonyl (C=O) groups excluding carboxylic acids is 2. The molecule has 198 valence electrons. The summed E-state index contributed by atoms with van der Waals surface area (Å²) >= 11 is 1.25. The van der Waals surface area contributed by atoms with Crippen LogP contribution in [-0.4, -0.2) is 46.9 Å². The summed E-state index contributed by atoms with van der Waals surface area (Å²) in [7, 11) is 1.54.